The van der Waals surface area contributed by atoms with Gasteiger partial charge in [-0.3, -0.25) is 4.90 Å². The van der Waals surface area contributed by atoms with Crippen molar-refractivity contribution in [1.82, 2.24) is 10.2 Å². The second-order valence-electron chi connectivity index (χ2n) is 5.43. The molecule has 0 unspecified atom stereocenters. The molecule has 1 rings (SSSR count). The smallest absolute Gasteiger partial charge is 0.251 e. The quantitative estimate of drug-likeness (QED) is 0.780. The van der Waals surface area contributed by atoms with Gasteiger partial charge in [0.25, 0.3) is 6.43 Å². The van der Waals surface area contributed by atoms with E-state index >= 15 is 0 Å². The van der Waals surface area contributed by atoms with E-state index in [0.717, 1.165) is 18.7 Å². The van der Waals surface area contributed by atoms with Crippen molar-refractivity contribution >= 4 is 0 Å². The molecule has 0 aliphatic carbocycles. The van der Waals surface area contributed by atoms with E-state index in [-0.39, 0.29) is 6.54 Å². The minimum absolute atomic E-state index is 0.183. The van der Waals surface area contributed by atoms with Crippen molar-refractivity contribution in [2.75, 3.05) is 20.1 Å². The number of nitrogens with zero attached hydrogens (tertiary/aromatic N) is 1. The van der Waals surface area contributed by atoms with Gasteiger partial charge >= 0.3 is 0 Å². The summed E-state index contributed by atoms with van der Waals surface area (Å²) in [5.41, 5.74) is 2.29. The Morgan fingerprint density at radius 2 is 1.68 bits per heavy atom. The Morgan fingerprint density at radius 3 is 2.21 bits per heavy atom. The van der Waals surface area contributed by atoms with Crippen molar-refractivity contribution in [1.29, 1.82) is 0 Å². The maximum Gasteiger partial charge on any atom is 0.251 e. The van der Waals surface area contributed by atoms with Crippen LogP contribution in [0.4, 0.5) is 8.78 Å². The van der Waals surface area contributed by atoms with E-state index in [4.69, 9.17) is 0 Å². The van der Waals surface area contributed by atoms with E-state index in [9.17, 15) is 8.78 Å². The molecule has 1 aromatic rings. The van der Waals surface area contributed by atoms with Crippen molar-refractivity contribution in [3.63, 3.8) is 0 Å². The topological polar surface area (TPSA) is 15.3 Å². The Bertz CT molecular complexity index is 350. The van der Waals surface area contributed by atoms with Crippen LogP contribution in [-0.4, -0.2) is 31.5 Å². The van der Waals surface area contributed by atoms with Crippen LogP contribution in [0.25, 0.3) is 0 Å². The molecule has 108 valence electrons. The third-order valence-corrected chi connectivity index (χ3v) is 2.81. The zero-order valence-corrected chi connectivity index (χ0v) is 12.0. The van der Waals surface area contributed by atoms with Gasteiger partial charge in [0.05, 0.1) is 6.54 Å². The largest absolute Gasteiger partial charge is 0.312 e. The van der Waals surface area contributed by atoms with Crippen LogP contribution in [0.5, 0.6) is 0 Å². The zero-order chi connectivity index (χ0) is 14.3. The van der Waals surface area contributed by atoms with Gasteiger partial charge in [-0.1, -0.05) is 38.1 Å². The van der Waals surface area contributed by atoms with Gasteiger partial charge in [0.15, 0.2) is 0 Å². The average Bonchev–Trinajstić information content (AvgIpc) is 2.29. The van der Waals surface area contributed by atoms with Gasteiger partial charge in [0.2, 0.25) is 0 Å². The lowest BCUT2D eigenvalue weighted by atomic mass is 10.1. The number of rotatable bonds is 8. The summed E-state index contributed by atoms with van der Waals surface area (Å²) >= 11 is 0. The lowest BCUT2D eigenvalue weighted by molar-refractivity contribution is 0.0975. The summed E-state index contributed by atoms with van der Waals surface area (Å²) in [6, 6.07) is 8.13. The van der Waals surface area contributed by atoms with Crippen molar-refractivity contribution in [2.24, 2.45) is 5.92 Å². The van der Waals surface area contributed by atoms with Crippen LogP contribution >= 0.6 is 0 Å². The summed E-state index contributed by atoms with van der Waals surface area (Å²) in [4.78, 5) is 1.64. The highest BCUT2D eigenvalue weighted by atomic mass is 19.3. The molecular weight excluding hydrogens is 246 g/mol. The van der Waals surface area contributed by atoms with Crippen molar-refractivity contribution in [3.05, 3.63) is 35.4 Å². The van der Waals surface area contributed by atoms with Crippen LogP contribution in [-0.2, 0) is 13.1 Å². The average molecular weight is 270 g/mol. The first-order valence-electron chi connectivity index (χ1n) is 6.72. The molecule has 0 radical (unpaired) electrons. The molecule has 2 nitrogen and oxygen atoms in total. The van der Waals surface area contributed by atoms with Crippen LogP contribution in [0.15, 0.2) is 24.3 Å². The lowest BCUT2D eigenvalue weighted by Crippen LogP contribution is -2.24. The van der Waals surface area contributed by atoms with E-state index in [1.165, 1.54) is 5.56 Å². The molecule has 0 saturated carbocycles. The fourth-order valence-electron chi connectivity index (χ4n) is 1.88. The second-order valence-corrected chi connectivity index (χ2v) is 5.43. The molecule has 1 N–H and O–H groups in total. The molecule has 0 saturated heterocycles. The molecule has 19 heavy (non-hydrogen) atoms. The fraction of sp³-hybridized carbons (Fsp3) is 0.600. The van der Waals surface area contributed by atoms with Gasteiger partial charge in [-0.2, -0.15) is 0 Å². The van der Waals surface area contributed by atoms with E-state index in [1.54, 1.807) is 11.9 Å². The summed E-state index contributed by atoms with van der Waals surface area (Å²) in [6.45, 7) is 6.58. The molecule has 0 spiro atoms. The first-order chi connectivity index (χ1) is 8.97. The zero-order valence-electron chi connectivity index (χ0n) is 12.0. The molecule has 0 heterocycles. The Hall–Kier alpha value is -1.00. The van der Waals surface area contributed by atoms with Gasteiger partial charge in [-0.15, -0.1) is 0 Å². The molecule has 0 aromatic heterocycles. The molecule has 0 aliphatic heterocycles. The minimum Gasteiger partial charge on any atom is -0.312 e. The molecule has 0 aliphatic rings. The molecule has 0 amide bonds. The summed E-state index contributed by atoms with van der Waals surface area (Å²) in [5, 5.41) is 3.38. The van der Waals surface area contributed by atoms with Crippen LogP contribution in [0.1, 0.15) is 25.0 Å². The second kappa shape index (κ2) is 8.23. The summed E-state index contributed by atoms with van der Waals surface area (Å²) in [6.07, 6.45) is -2.27. The maximum absolute atomic E-state index is 12.2. The Morgan fingerprint density at radius 1 is 1.11 bits per heavy atom. The lowest BCUT2D eigenvalue weighted by Gasteiger charge is -2.16. The predicted octanol–water partition coefficient (Wildman–Crippen LogP) is 3.13. The third-order valence-electron chi connectivity index (χ3n) is 2.81. The van der Waals surface area contributed by atoms with E-state index in [0.29, 0.717) is 12.5 Å². The molecule has 4 heteroatoms. The fourth-order valence-corrected chi connectivity index (χ4v) is 1.88. The number of hydrogen-bond acceptors (Lipinski definition) is 2. The SMILES string of the molecule is CC(C)CNCc1ccc(CN(C)CC(F)F)cc1. The van der Waals surface area contributed by atoms with Crippen LogP contribution in [0.3, 0.4) is 0 Å². The Kier molecular flexibility index (Phi) is 6.95. The monoisotopic (exact) mass is 270 g/mol. The van der Waals surface area contributed by atoms with Gasteiger partial charge in [-0.25, -0.2) is 8.78 Å². The Labute approximate surface area is 114 Å². The van der Waals surface area contributed by atoms with Gasteiger partial charge < -0.3 is 5.32 Å². The van der Waals surface area contributed by atoms with Crippen molar-refractivity contribution in [3.8, 4) is 0 Å². The van der Waals surface area contributed by atoms with Crippen molar-refractivity contribution in [2.45, 2.75) is 33.4 Å². The summed E-state index contributed by atoms with van der Waals surface area (Å²) < 4.78 is 24.4. The maximum atomic E-state index is 12.2. The molecule has 0 fully saturated rings. The highest BCUT2D eigenvalue weighted by molar-refractivity contribution is 5.22. The molecule has 1 aromatic carbocycles. The van der Waals surface area contributed by atoms with E-state index in [2.05, 4.69) is 31.3 Å². The molecule has 0 bridgehead atoms. The van der Waals surface area contributed by atoms with Crippen molar-refractivity contribution < 1.29 is 8.78 Å². The van der Waals surface area contributed by atoms with Gasteiger partial charge in [-0.05, 0) is 30.6 Å². The first-order valence-corrected chi connectivity index (χ1v) is 6.72. The number of halogens is 2. The summed E-state index contributed by atoms with van der Waals surface area (Å²) in [7, 11) is 1.71. The van der Waals surface area contributed by atoms with Gasteiger partial charge in [0, 0.05) is 13.1 Å². The third kappa shape index (κ3) is 7.23. The van der Waals surface area contributed by atoms with Crippen LogP contribution in [0, 0.1) is 5.92 Å². The first kappa shape index (κ1) is 16.1. The minimum atomic E-state index is -2.27. The highest BCUT2D eigenvalue weighted by Gasteiger charge is 2.07. The number of hydrogen-bond donors (Lipinski definition) is 1. The number of nitrogens with one attached hydrogen (secondary N) is 1. The predicted molar refractivity (Wildman–Crippen MR) is 75.3 cm³/mol. The van der Waals surface area contributed by atoms with E-state index in [1.807, 2.05) is 12.1 Å². The molecular formula is C15H24F2N2. The highest BCUT2D eigenvalue weighted by Crippen LogP contribution is 2.08. The number of benzene rings is 1. The van der Waals surface area contributed by atoms with Crippen LogP contribution < -0.4 is 5.32 Å². The summed E-state index contributed by atoms with van der Waals surface area (Å²) in [5.74, 6) is 0.641. The molecule has 0 atom stereocenters. The number of alkyl halides is 2. The normalized spacial score (nSPS) is 11.8. The van der Waals surface area contributed by atoms with Crippen LogP contribution in [0.2, 0.25) is 0 Å². The standard InChI is InChI=1S/C15H24F2N2/c1-12(2)8-18-9-13-4-6-14(7-5-13)10-19(3)11-15(16)17/h4-7,12,15,18H,8-11H2,1-3H3. The van der Waals surface area contributed by atoms with Gasteiger partial charge in [0.1, 0.15) is 0 Å². The van der Waals surface area contributed by atoms with E-state index < -0.39 is 6.43 Å². The Balaban J connectivity index is 2.38.